The fourth-order valence-corrected chi connectivity index (χ4v) is 5.98. The van der Waals surface area contributed by atoms with Crippen LogP contribution in [0.1, 0.15) is 38.3 Å². The monoisotopic (exact) mass is 607 g/mol. The number of rotatable bonds is 11. The Morgan fingerprint density at radius 3 is 2.56 bits per heavy atom. The number of aliphatic hydroxyl groups excluding tert-OH is 1. The average Bonchev–Trinajstić information content (AvgIpc) is 3.07. The number of nitrogens with two attached hydrogens (primary N) is 1. The van der Waals surface area contributed by atoms with Crippen molar-refractivity contribution in [3.63, 3.8) is 0 Å². The van der Waals surface area contributed by atoms with Crippen LogP contribution in [0.3, 0.4) is 0 Å². The number of β-amino-alcohol motifs (C(OH)–C–C–N with tert-alkyl or cyclic N) is 1. The molecular formula is C32H38FN5O4S. The highest BCUT2D eigenvalue weighted by molar-refractivity contribution is 7.99. The first-order valence-corrected chi connectivity index (χ1v) is 15.1. The van der Waals surface area contributed by atoms with E-state index in [2.05, 4.69) is 16.0 Å². The maximum absolute atomic E-state index is 14.2. The summed E-state index contributed by atoms with van der Waals surface area (Å²) in [7, 11) is 0. The number of thioether (sulfide) groups is 1. The van der Waals surface area contributed by atoms with Crippen molar-refractivity contribution in [3.05, 3.63) is 83.7 Å². The van der Waals surface area contributed by atoms with Crippen LogP contribution in [-0.4, -0.2) is 52.9 Å². The number of carbonyl (C=O) groups is 3. The molecule has 0 saturated heterocycles. The van der Waals surface area contributed by atoms with E-state index in [1.54, 1.807) is 17.9 Å². The molecule has 2 atom stereocenters. The van der Waals surface area contributed by atoms with Gasteiger partial charge in [0.15, 0.2) is 0 Å². The van der Waals surface area contributed by atoms with Crippen molar-refractivity contribution in [1.29, 1.82) is 0 Å². The summed E-state index contributed by atoms with van der Waals surface area (Å²) in [6.07, 6.45) is -0.453. The molecule has 228 valence electrons. The van der Waals surface area contributed by atoms with Gasteiger partial charge < -0.3 is 31.7 Å². The number of benzene rings is 3. The summed E-state index contributed by atoms with van der Waals surface area (Å²) < 4.78 is 14.2. The zero-order valence-electron chi connectivity index (χ0n) is 24.5. The molecule has 9 nitrogen and oxygen atoms in total. The molecule has 3 aromatic rings. The summed E-state index contributed by atoms with van der Waals surface area (Å²) in [5, 5.41) is 18.3. The second-order valence-corrected chi connectivity index (χ2v) is 12.4. The molecule has 0 aliphatic carbocycles. The fourth-order valence-electron chi connectivity index (χ4n) is 4.89. The number of anilines is 1. The Kier molecular flexibility index (Phi) is 10.4. The molecule has 1 aliphatic rings. The first-order valence-electron chi connectivity index (χ1n) is 14.1. The van der Waals surface area contributed by atoms with Crippen LogP contribution in [0.2, 0.25) is 0 Å². The molecule has 4 rings (SSSR count). The molecule has 0 aromatic heterocycles. The van der Waals surface area contributed by atoms with Gasteiger partial charge in [-0.3, -0.25) is 9.59 Å². The van der Waals surface area contributed by atoms with E-state index >= 15 is 0 Å². The molecule has 11 heteroatoms. The van der Waals surface area contributed by atoms with Gasteiger partial charge in [-0.05, 0) is 61.2 Å². The summed E-state index contributed by atoms with van der Waals surface area (Å²) >= 11 is 1.33. The first-order chi connectivity index (χ1) is 20.4. The highest BCUT2D eigenvalue weighted by Crippen LogP contribution is 2.36. The fraction of sp³-hybridized carbons (Fsp3) is 0.344. The van der Waals surface area contributed by atoms with Gasteiger partial charge in [0.2, 0.25) is 5.91 Å². The van der Waals surface area contributed by atoms with Crippen LogP contribution >= 0.6 is 11.8 Å². The summed E-state index contributed by atoms with van der Waals surface area (Å²) in [5.41, 5.74) is 8.87. The molecular weight excluding hydrogens is 569 g/mol. The highest BCUT2D eigenvalue weighted by Gasteiger charge is 2.33. The maximum atomic E-state index is 14.2. The third-order valence-electron chi connectivity index (χ3n) is 7.07. The summed E-state index contributed by atoms with van der Waals surface area (Å²) in [5.74, 6) is -0.726. The quantitative estimate of drug-likeness (QED) is 0.224. The van der Waals surface area contributed by atoms with E-state index in [-0.39, 0.29) is 30.5 Å². The van der Waals surface area contributed by atoms with Gasteiger partial charge in [-0.2, -0.15) is 0 Å². The van der Waals surface area contributed by atoms with Gasteiger partial charge in [0.1, 0.15) is 11.9 Å². The molecule has 1 aliphatic heterocycles. The van der Waals surface area contributed by atoms with Crippen LogP contribution in [0.25, 0.3) is 11.1 Å². The summed E-state index contributed by atoms with van der Waals surface area (Å²) in [6.45, 7) is 6.23. The number of fused-ring (bicyclic) bond motifs is 1. The number of hydrogen-bond acceptors (Lipinski definition) is 6. The van der Waals surface area contributed by atoms with Crippen molar-refractivity contribution in [2.24, 2.45) is 5.73 Å². The molecule has 43 heavy (non-hydrogen) atoms. The lowest BCUT2D eigenvalue weighted by atomic mass is 9.98. The zero-order valence-corrected chi connectivity index (χ0v) is 25.3. The Bertz CT molecular complexity index is 1460. The van der Waals surface area contributed by atoms with E-state index in [1.807, 2.05) is 62.4 Å². The summed E-state index contributed by atoms with van der Waals surface area (Å²) in [4.78, 5) is 40.3. The zero-order chi connectivity index (χ0) is 31.1. The van der Waals surface area contributed by atoms with Gasteiger partial charge in [-0.15, -0.1) is 11.8 Å². The number of carbonyl (C=O) groups excluding carboxylic acids is 3. The molecule has 1 heterocycles. The Morgan fingerprint density at radius 1 is 1.14 bits per heavy atom. The third kappa shape index (κ3) is 8.79. The van der Waals surface area contributed by atoms with E-state index in [9.17, 15) is 23.9 Å². The van der Waals surface area contributed by atoms with Crippen LogP contribution in [0, 0.1) is 5.82 Å². The molecule has 4 amide bonds. The second-order valence-electron chi connectivity index (χ2n) is 11.3. The second kappa shape index (κ2) is 14.0. The molecule has 0 spiro atoms. The van der Waals surface area contributed by atoms with Crippen molar-refractivity contribution in [3.8, 4) is 11.1 Å². The largest absolute Gasteiger partial charge is 0.392 e. The number of nitrogens with one attached hydrogen (secondary N) is 3. The van der Waals surface area contributed by atoms with Gasteiger partial charge in [0, 0.05) is 35.7 Å². The predicted octanol–water partition coefficient (Wildman–Crippen LogP) is 3.92. The Balaban J connectivity index is 1.54. The number of primary amides is 1. The van der Waals surface area contributed by atoms with E-state index in [4.69, 9.17) is 5.73 Å². The van der Waals surface area contributed by atoms with Crippen LogP contribution in [0.5, 0.6) is 0 Å². The Labute approximate surface area is 255 Å². The van der Waals surface area contributed by atoms with Crippen molar-refractivity contribution in [2.75, 3.05) is 17.2 Å². The topological polar surface area (TPSA) is 137 Å². The molecule has 0 saturated carbocycles. The first kappa shape index (κ1) is 32.0. The number of urea groups is 1. The third-order valence-corrected chi connectivity index (χ3v) is 8.21. The van der Waals surface area contributed by atoms with Crippen molar-refractivity contribution < 1.29 is 23.9 Å². The van der Waals surface area contributed by atoms with E-state index in [0.717, 1.165) is 22.3 Å². The maximum Gasteiger partial charge on any atom is 0.312 e. The molecule has 0 bridgehead atoms. The van der Waals surface area contributed by atoms with E-state index < -0.39 is 29.5 Å². The number of hydrogen-bond donors (Lipinski definition) is 5. The number of amides is 4. The lowest BCUT2D eigenvalue weighted by molar-refractivity contribution is -0.127. The number of nitrogens with zero attached hydrogens (tertiary/aromatic N) is 1. The Hall–Kier alpha value is -3.93. The smallest absolute Gasteiger partial charge is 0.312 e. The van der Waals surface area contributed by atoms with Gasteiger partial charge in [0.25, 0.3) is 5.91 Å². The highest BCUT2D eigenvalue weighted by atomic mass is 32.2. The lowest BCUT2D eigenvalue weighted by Gasteiger charge is -2.29. The minimum absolute atomic E-state index is 0.105. The SMILES string of the molecule is C[C@@H](O)CNC(C)(C)CC(=O)N[C@@H]1CSc2cc(F)ccc2N(Cc2ccc(-c3ccccc3CNC(N)=O)cc2)C1=O. The van der Waals surface area contributed by atoms with E-state index in [0.29, 0.717) is 23.7 Å². The molecule has 3 aromatic carbocycles. The lowest BCUT2D eigenvalue weighted by Crippen LogP contribution is -2.52. The molecule has 0 radical (unpaired) electrons. The van der Waals surface area contributed by atoms with Gasteiger partial charge >= 0.3 is 6.03 Å². The standard InChI is InChI=1S/C32H38FN5O4S/c1-20(39)16-36-32(2,3)15-29(40)37-26-19-43-28-14-24(33)12-13-27(28)38(30(26)41)18-21-8-10-22(11-9-21)25-7-5-4-6-23(25)17-35-31(34)42/h4-14,20,26,36,39H,15-19H2,1-3H3,(H,37,40)(H3,34,35,42)/t20-,26-/m1/s1. The van der Waals surface area contributed by atoms with Crippen molar-refractivity contribution >= 4 is 35.3 Å². The Morgan fingerprint density at radius 2 is 1.86 bits per heavy atom. The molecule has 6 N–H and O–H groups in total. The van der Waals surface area contributed by atoms with E-state index in [1.165, 1.54) is 23.9 Å². The minimum atomic E-state index is -0.815. The minimum Gasteiger partial charge on any atom is -0.392 e. The molecule has 0 fully saturated rings. The van der Waals surface area contributed by atoms with Crippen molar-refractivity contribution in [1.82, 2.24) is 16.0 Å². The van der Waals surface area contributed by atoms with Crippen LogP contribution < -0.4 is 26.6 Å². The normalized spacial score (nSPS) is 15.8. The van der Waals surface area contributed by atoms with Crippen LogP contribution in [0.15, 0.2) is 71.6 Å². The van der Waals surface area contributed by atoms with Crippen molar-refractivity contribution in [2.45, 2.75) is 62.9 Å². The number of halogens is 1. The number of aliphatic hydroxyl groups is 1. The molecule has 0 unspecified atom stereocenters. The van der Waals surface area contributed by atoms with Gasteiger partial charge in [-0.25, -0.2) is 9.18 Å². The predicted molar refractivity (Wildman–Crippen MR) is 167 cm³/mol. The van der Waals surface area contributed by atoms with Gasteiger partial charge in [0.05, 0.1) is 18.3 Å². The van der Waals surface area contributed by atoms with Gasteiger partial charge in [-0.1, -0.05) is 48.5 Å². The summed E-state index contributed by atoms with van der Waals surface area (Å²) in [6, 6.07) is 18.3. The van der Waals surface area contributed by atoms with Crippen LogP contribution in [0.4, 0.5) is 14.9 Å². The average molecular weight is 608 g/mol. The van der Waals surface area contributed by atoms with Crippen LogP contribution in [-0.2, 0) is 22.7 Å².